The van der Waals surface area contributed by atoms with E-state index in [0.29, 0.717) is 17.1 Å². The number of carbonyl (C=O) groups excluding carboxylic acids is 1. The summed E-state index contributed by atoms with van der Waals surface area (Å²) in [6.45, 7) is 0. The van der Waals surface area contributed by atoms with Crippen LogP contribution in [0.5, 0.6) is 0 Å². The number of halogens is 1. The summed E-state index contributed by atoms with van der Waals surface area (Å²) in [6.07, 6.45) is 1.63. The van der Waals surface area contributed by atoms with E-state index in [4.69, 9.17) is 17.3 Å². The molecule has 92 valence electrons. The Balaban J connectivity index is 2.35. The lowest BCUT2D eigenvalue weighted by atomic mass is 10.1. The maximum atomic E-state index is 12.3. The van der Waals surface area contributed by atoms with Crippen molar-refractivity contribution in [1.82, 2.24) is 4.98 Å². The Morgan fingerprint density at radius 2 is 2.06 bits per heavy atom. The first-order valence-corrected chi connectivity index (χ1v) is 5.72. The van der Waals surface area contributed by atoms with Gasteiger partial charge in [0.25, 0.3) is 5.91 Å². The Hall–Kier alpha value is -2.07. The van der Waals surface area contributed by atoms with E-state index in [2.05, 4.69) is 4.98 Å². The smallest absolute Gasteiger partial charge is 0.260 e. The molecule has 0 saturated heterocycles. The van der Waals surface area contributed by atoms with E-state index < -0.39 is 0 Å². The Kier molecular flexibility index (Phi) is 3.48. The zero-order chi connectivity index (χ0) is 13.1. The van der Waals surface area contributed by atoms with Crippen molar-refractivity contribution in [1.29, 1.82) is 0 Å². The van der Waals surface area contributed by atoms with E-state index in [9.17, 15) is 4.79 Å². The first-order valence-electron chi connectivity index (χ1n) is 5.34. The molecule has 0 spiro atoms. The maximum Gasteiger partial charge on any atom is 0.260 e. The highest BCUT2D eigenvalue weighted by Crippen LogP contribution is 2.25. The fourth-order valence-electron chi connectivity index (χ4n) is 1.55. The van der Waals surface area contributed by atoms with Crippen LogP contribution >= 0.6 is 11.6 Å². The second-order valence-electron chi connectivity index (χ2n) is 3.76. The van der Waals surface area contributed by atoms with Crippen molar-refractivity contribution in [3.8, 4) is 0 Å². The van der Waals surface area contributed by atoms with Gasteiger partial charge in [0.15, 0.2) is 0 Å². The van der Waals surface area contributed by atoms with Gasteiger partial charge in [0, 0.05) is 13.2 Å². The summed E-state index contributed by atoms with van der Waals surface area (Å²) in [5.41, 5.74) is 6.43. The maximum absolute atomic E-state index is 12.3. The lowest BCUT2D eigenvalue weighted by molar-refractivity contribution is 0.0992. The third-order valence-electron chi connectivity index (χ3n) is 2.56. The van der Waals surface area contributed by atoms with Gasteiger partial charge >= 0.3 is 0 Å². The number of hydrogen-bond acceptors (Lipinski definition) is 3. The lowest BCUT2D eigenvalue weighted by Crippen LogP contribution is -2.27. The third kappa shape index (κ3) is 2.28. The first kappa shape index (κ1) is 12.4. The molecule has 0 aliphatic rings. The molecule has 1 aromatic heterocycles. The van der Waals surface area contributed by atoms with Crippen molar-refractivity contribution in [3.05, 3.63) is 53.2 Å². The summed E-state index contributed by atoms with van der Waals surface area (Å²) in [7, 11) is 1.64. The van der Waals surface area contributed by atoms with Crippen LogP contribution in [0.1, 0.15) is 10.4 Å². The quantitative estimate of drug-likeness (QED) is 0.846. The van der Waals surface area contributed by atoms with Crippen molar-refractivity contribution < 1.29 is 4.79 Å². The largest absolute Gasteiger partial charge is 0.398 e. The molecule has 4 nitrogen and oxygen atoms in total. The molecule has 2 aromatic rings. The number of benzene rings is 1. The molecule has 0 radical (unpaired) electrons. The van der Waals surface area contributed by atoms with Gasteiger partial charge in [-0.1, -0.05) is 23.7 Å². The molecule has 2 rings (SSSR count). The van der Waals surface area contributed by atoms with Crippen LogP contribution in [-0.4, -0.2) is 17.9 Å². The average Bonchev–Trinajstić information content (AvgIpc) is 2.41. The number of anilines is 2. The molecule has 5 heteroatoms. The third-order valence-corrected chi connectivity index (χ3v) is 2.98. The predicted octanol–water partition coefficient (Wildman–Crippen LogP) is 2.59. The minimum Gasteiger partial charge on any atom is -0.398 e. The molecule has 0 unspecified atom stereocenters. The Labute approximate surface area is 110 Å². The molecule has 18 heavy (non-hydrogen) atoms. The van der Waals surface area contributed by atoms with Crippen LogP contribution in [0, 0.1) is 0 Å². The van der Waals surface area contributed by atoms with Gasteiger partial charge in [0.05, 0.1) is 16.3 Å². The van der Waals surface area contributed by atoms with Crippen LogP contribution in [0.4, 0.5) is 11.5 Å². The molecule has 0 fully saturated rings. The minimum absolute atomic E-state index is 0.244. The van der Waals surface area contributed by atoms with Crippen LogP contribution in [-0.2, 0) is 0 Å². The molecule has 1 aromatic carbocycles. The van der Waals surface area contributed by atoms with Crippen LogP contribution in [0.3, 0.4) is 0 Å². The van der Waals surface area contributed by atoms with Crippen molar-refractivity contribution in [2.75, 3.05) is 17.7 Å². The van der Waals surface area contributed by atoms with Gasteiger partial charge in [-0.2, -0.15) is 0 Å². The number of nitrogens with zero attached hydrogens (tertiary/aromatic N) is 2. The number of aromatic nitrogens is 1. The van der Waals surface area contributed by atoms with Crippen molar-refractivity contribution in [3.63, 3.8) is 0 Å². The van der Waals surface area contributed by atoms with Gasteiger partial charge in [-0.15, -0.1) is 0 Å². The van der Waals surface area contributed by atoms with Crippen molar-refractivity contribution in [2.24, 2.45) is 0 Å². The summed E-state index contributed by atoms with van der Waals surface area (Å²) >= 11 is 6.03. The summed E-state index contributed by atoms with van der Waals surface area (Å²) in [6, 6.07) is 10.3. The van der Waals surface area contributed by atoms with E-state index in [1.165, 1.54) is 4.90 Å². The van der Waals surface area contributed by atoms with E-state index >= 15 is 0 Å². The number of hydrogen-bond donors (Lipinski definition) is 1. The van der Waals surface area contributed by atoms with E-state index in [1.807, 2.05) is 6.07 Å². The molecule has 0 atom stereocenters. The molecule has 0 saturated carbocycles. The minimum atomic E-state index is -0.244. The molecular weight excluding hydrogens is 250 g/mol. The number of nitrogen functional groups attached to an aromatic ring is 1. The molecule has 1 heterocycles. The van der Waals surface area contributed by atoms with Gasteiger partial charge in [-0.05, 0) is 24.3 Å². The molecule has 2 N–H and O–H groups in total. The van der Waals surface area contributed by atoms with Crippen LogP contribution in [0.15, 0.2) is 42.6 Å². The Morgan fingerprint density at radius 3 is 2.72 bits per heavy atom. The normalized spacial score (nSPS) is 10.1. The summed E-state index contributed by atoms with van der Waals surface area (Å²) in [5, 5.41) is 0.269. The van der Waals surface area contributed by atoms with Gasteiger partial charge in [-0.25, -0.2) is 4.98 Å². The SMILES string of the molecule is CN(C(=O)c1cccc(N)c1Cl)c1ccccn1. The van der Waals surface area contributed by atoms with E-state index in [1.54, 1.807) is 43.6 Å². The number of amides is 1. The summed E-state index contributed by atoms with van der Waals surface area (Å²) in [4.78, 5) is 17.8. The Bertz CT molecular complexity index is 572. The zero-order valence-electron chi connectivity index (χ0n) is 9.80. The molecular formula is C13H12ClN3O. The second kappa shape index (κ2) is 5.06. The topological polar surface area (TPSA) is 59.2 Å². The van der Waals surface area contributed by atoms with Crippen molar-refractivity contribution >= 4 is 29.0 Å². The molecule has 0 bridgehead atoms. The number of nitrogens with two attached hydrogens (primary N) is 1. The van der Waals surface area contributed by atoms with E-state index in [-0.39, 0.29) is 10.9 Å². The van der Waals surface area contributed by atoms with Gasteiger partial charge < -0.3 is 5.73 Å². The summed E-state index contributed by atoms with van der Waals surface area (Å²) < 4.78 is 0. The molecule has 0 aliphatic heterocycles. The number of pyridine rings is 1. The highest BCUT2D eigenvalue weighted by molar-refractivity contribution is 6.36. The zero-order valence-corrected chi connectivity index (χ0v) is 10.6. The number of carbonyl (C=O) groups is 1. The molecule has 0 aliphatic carbocycles. The molecule has 1 amide bonds. The van der Waals surface area contributed by atoms with Gasteiger partial charge in [0.1, 0.15) is 5.82 Å². The fourth-order valence-corrected chi connectivity index (χ4v) is 1.76. The van der Waals surface area contributed by atoms with Gasteiger partial charge in [-0.3, -0.25) is 9.69 Å². The van der Waals surface area contributed by atoms with Crippen molar-refractivity contribution in [2.45, 2.75) is 0 Å². The second-order valence-corrected chi connectivity index (χ2v) is 4.14. The van der Waals surface area contributed by atoms with Crippen LogP contribution in [0.25, 0.3) is 0 Å². The van der Waals surface area contributed by atoms with Crippen LogP contribution < -0.4 is 10.6 Å². The summed E-state index contributed by atoms with van der Waals surface area (Å²) in [5.74, 6) is 0.312. The highest BCUT2D eigenvalue weighted by Gasteiger charge is 2.18. The van der Waals surface area contributed by atoms with Gasteiger partial charge in [0.2, 0.25) is 0 Å². The monoisotopic (exact) mass is 261 g/mol. The van der Waals surface area contributed by atoms with E-state index in [0.717, 1.165) is 0 Å². The Morgan fingerprint density at radius 1 is 1.28 bits per heavy atom. The fraction of sp³-hybridized carbons (Fsp3) is 0.0769. The highest BCUT2D eigenvalue weighted by atomic mass is 35.5. The predicted molar refractivity (Wildman–Crippen MR) is 72.8 cm³/mol. The first-order chi connectivity index (χ1) is 8.61. The standard InChI is InChI=1S/C13H12ClN3O/c1-17(11-7-2-3-8-16-11)13(18)9-5-4-6-10(15)12(9)14/h2-8H,15H2,1H3. The lowest BCUT2D eigenvalue weighted by Gasteiger charge is -2.17. The number of rotatable bonds is 2. The van der Waals surface area contributed by atoms with Crippen LogP contribution in [0.2, 0.25) is 5.02 Å². The average molecular weight is 262 g/mol.